The van der Waals surface area contributed by atoms with Crippen LogP contribution in [-0.2, 0) is 11.3 Å². The quantitative estimate of drug-likeness (QED) is 0.605. The predicted molar refractivity (Wildman–Crippen MR) is 110 cm³/mol. The van der Waals surface area contributed by atoms with E-state index in [1.807, 2.05) is 45.0 Å². The van der Waals surface area contributed by atoms with E-state index in [0.717, 1.165) is 33.8 Å². The van der Waals surface area contributed by atoms with E-state index in [0.29, 0.717) is 25.6 Å². The normalized spacial score (nSPS) is 15.6. The van der Waals surface area contributed by atoms with Crippen LogP contribution in [0, 0.1) is 0 Å². The van der Waals surface area contributed by atoms with Gasteiger partial charge in [-0.05, 0) is 57.9 Å². The van der Waals surface area contributed by atoms with Gasteiger partial charge in [-0.15, -0.1) is 11.3 Å². The molecule has 0 spiro atoms. The van der Waals surface area contributed by atoms with E-state index < -0.39 is 5.60 Å². The monoisotopic (exact) mass is 452 g/mol. The number of hydrogen-bond acceptors (Lipinski definition) is 5. The van der Waals surface area contributed by atoms with E-state index in [4.69, 9.17) is 14.5 Å². The number of ether oxygens (including phenoxy) is 2. The molecular weight excluding hydrogens is 428 g/mol. The lowest BCUT2D eigenvalue weighted by Crippen LogP contribution is -2.41. The minimum atomic E-state index is -0.451. The molecule has 0 atom stereocenters. The van der Waals surface area contributed by atoms with Gasteiger partial charge in [-0.1, -0.05) is 15.9 Å². The lowest BCUT2D eigenvalue weighted by atomic mass is 9.98. The van der Waals surface area contributed by atoms with Crippen molar-refractivity contribution in [2.24, 2.45) is 0 Å². The summed E-state index contributed by atoms with van der Waals surface area (Å²) in [5, 5.41) is 3.20. The third-order valence-electron chi connectivity index (χ3n) is 4.27. The van der Waals surface area contributed by atoms with Crippen LogP contribution in [-0.4, -0.2) is 34.7 Å². The minimum Gasteiger partial charge on any atom is -0.487 e. The number of likely N-dealkylation sites (tertiary alicyclic amines) is 1. The molecule has 1 aliphatic rings. The zero-order chi connectivity index (χ0) is 19.4. The summed E-state index contributed by atoms with van der Waals surface area (Å²) in [5.41, 5.74) is 0.500. The molecule has 2 heterocycles. The van der Waals surface area contributed by atoms with Crippen molar-refractivity contribution in [2.75, 3.05) is 13.1 Å². The number of aromatic nitrogens is 1. The van der Waals surface area contributed by atoms with E-state index in [1.54, 1.807) is 16.2 Å². The molecule has 1 aromatic carbocycles. The van der Waals surface area contributed by atoms with Crippen LogP contribution in [0.15, 0.2) is 34.1 Å². The van der Waals surface area contributed by atoms with Crippen LogP contribution >= 0.6 is 27.3 Å². The summed E-state index contributed by atoms with van der Waals surface area (Å²) in [4.78, 5) is 18.7. The van der Waals surface area contributed by atoms with E-state index in [1.165, 1.54) is 0 Å². The highest BCUT2D eigenvalue weighted by molar-refractivity contribution is 9.10. The molecular formula is C20H25BrN2O3S. The molecule has 1 aromatic heterocycles. The molecule has 0 radical (unpaired) electrons. The van der Waals surface area contributed by atoms with Crippen LogP contribution < -0.4 is 4.74 Å². The molecule has 146 valence electrons. The van der Waals surface area contributed by atoms with E-state index in [2.05, 4.69) is 21.3 Å². The van der Waals surface area contributed by atoms with Crippen molar-refractivity contribution < 1.29 is 14.3 Å². The first-order valence-electron chi connectivity index (χ1n) is 9.11. The highest BCUT2D eigenvalue weighted by Gasteiger charge is 2.28. The van der Waals surface area contributed by atoms with Crippen molar-refractivity contribution in [3.8, 4) is 5.75 Å². The summed E-state index contributed by atoms with van der Waals surface area (Å²) in [6.45, 7) is 7.57. The average Bonchev–Trinajstić information content (AvgIpc) is 3.09. The number of thiazole rings is 1. The highest BCUT2D eigenvalue weighted by Crippen LogP contribution is 2.31. The zero-order valence-corrected chi connectivity index (χ0v) is 18.3. The number of hydrogen-bond donors (Lipinski definition) is 0. The second-order valence-electron chi connectivity index (χ2n) is 7.66. The molecule has 0 bridgehead atoms. The smallest absolute Gasteiger partial charge is 0.410 e. The summed E-state index contributed by atoms with van der Waals surface area (Å²) in [5.74, 6) is 1.23. The van der Waals surface area contributed by atoms with E-state index in [9.17, 15) is 4.79 Å². The Bertz CT molecular complexity index is 762. The minimum absolute atomic E-state index is 0.219. The molecule has 0 unspecified atom stereocenters. The van der Waals surface area contributed by atoms with Gasteiger partial charge in [-0.25, -0.2) is 9.78 Å². The van der Waals surface area contributed by atoms with Crippen molar-refractivity contribution in [3.05, 3.63) is 44.8 Å². The largest absolute Gasteiger partial charge is 0.487 e. The molecule has 1 amide bonds. The molecule has 27 heavy (non-hydrogen) atoms. The number of amides is 1. The zero-order valence-electron chi connectivity index (χ0n) is 15.9. The van der Waals surface area contributed by atoms with Gasteiger partial charge in [0.25, 0.3) is 0 Å². The lowest BCUT2D eigenvalue weighted by Gasteiger charge is -2.32. The summed E-state index contributed by atoms with van der Waals surface area (Å²) in [6, 6.07) is 7.79. The van der Waals surface area contributed by atoms with Crippen LogP contribution in [0.1, 0.15) is 50.2 Å². The lowest BCUT2D eigenvalue weighted by molar-refractivity contribution is 0.0205. The number of carbonyl (C=O) groups is 1. The second-order valence-corrected chi connectivity index (χ2v) is 9.47. The number of carbonyl (C=O) groups excluding carboxylic acids is 1. The summed E-state index contributed by atoms with van der Waals surface area (Å²) in [6.07, 6.45) is 1.61. The number of piperidine rings is 1. The predicted octanol–water partition coefficient (Wildman–Crippen LogP) is 5.60. The fourth-order valence-corrected chi connectivity index (χ4v) is 4.14. The van der Waals surface area contributed by atoms with Gasteiger partial charge in [-0.3, -0.25) is 0 Å². The molecule has 0 N–H and O–H groups in total. The van der Waals surface area contributed by atoms with Gasteiger partial charge in [0.1, 0.15) is 18.0 Å². The first-order chi connectivity index (χ1) is 12.8. The Hall–Kier alpha value is -1.60. The maximum absolute atomic E-state index is 12.2. The SMILES string of the molecule is CC(C)(C)OC(=O)N1CCC(c2nc(COc3ccc(Br)cc3)cs2)CC1. The standard InChI is InChI=1S/C20H25BrN2O3S/c1-20(2,3)26-19(24)23-10-8-14(9-11-23)18-22-16(13-27-18)12-25-17-6-4-15(21)5-7-17/h4-7,13-14H,8-12H2,1-3H3. The molecule has 0 aliphatic carbocycles. The van der Waals surface area contributed by atoms with Gasteiger partial charge in [0, 0.05) is 28.9 Å². The third-order valence-corrected chi connectivity index (χ3v) is 5.85. The van der Waals surface area contributed by atoms with Crippen molar-refractivity contribution in [2.45, 2.75) is 51.7 Å². The Kier molecular flexibility index (Phi) is 6.42. The fraction of sp³-hybridized carbons (Fsp3) is 0.500. The second kappa shape index (κ2) is 8.61. The maximum atomic E-state index is 12.2. The molecule has 2 aromatic rings. The first kappa shape index (κ1) is 20.1. The molecule has 3 rings (SSSR count). The van der Waals surface area contributed by atoms with Gasteiger partial charge in [0.15, 0.2) is 0 Å². The third kappa shape index (κ3) is 5.94. The Balaban J connectivity index is 1.49. The van der Waals surface area contributed by atoms with Gasteiger partial charge in [0.05, 0.1) is 10.7 Å². The summed E-state index contributed by atoms with van der Waals surface area (Å²) < 4.78 is 12.3. The van der Waals surface area contributed by atoms with Crippen molar-refractivity contribution in [1.29, 1.82) is 0 Å². The van der Waals surface area contributed by atoms with Gasteiger partial charge in [-0.2, -0.15) is 0 Å². The van der Waals surface area contributed by atoms with Crippen LogP contribution in [0.3, 0.4) is 0 Å². The van der Waals surface area contributed by atoms with Crippen LogP contribution in [0.5, 0.6) is 5.75 Å². The number of rotatable bonds is 4. The van der Waals surface area contributed by atoms with Gasteiger partial charge >= 0.3 is 6.09 Å². The summed E-state index contributed by atoms with van der Waals surface area (Å²) >= 11 is 5.10. The van der Waals surface area contributed by atoms with Crippen LogP contribution in [0.4, 0.5) is 4.79 Å². The Morgan fingerprint density at radius 1 is 1.26 bits per heavy atom. The first-order valence-corrected chi connectivity index (χ1v) is 10.8. The van der Waals surface area contributed by atoms with E-state index >= 15 is 0 Å². The molecule has 0 saturated carbocycles. The Morgan fingerprint density at radius 2 is 1.93 bits per heavy atom. The Morgan fingerprint density at radius 3 is 2.56 bits per heavy atom. The Labute approximate surface area is 172 Å². The fourth-order valence-electron chi connectivity index (χ4n) is 2.90. The topological polar surface area (TPSA) is 51.7 Å². The van der Waals surface area contributed by atoms with Crippen molar-refractivity contribution in [3.63, 3.8) is 0 Å². The number of benzene rings is 1. The molecule has 1 fully saturated rings. The van der Waals surface area contributed by atoms with Crippen molar-refractivity contribution >= 4 is 33.4 Å². The van der Waals surface area contributed by atoms with Crippen molar-refractivity contribution in [1.82, 2.24) is 9.88 Å². The highest BCUT2D eigenvalue weighted by atomic mass is 79.9. The molecule has 1 aliphatic heterocycles. The average molecular weight is 453 g/mol. The molecule has 7 heteroatoms. The van der Waals surface area contributed by atoms with Gasteiger partial charge in [0.2, 0.25) is 0 Å². The number of nitrogens with zero attached hydrogens (tertiary/aromatic N) is 2. The summed E-state index contributed by atoms with van der Waals surface area (Å²) in [7, 11) is 0. The maximum Gasteiger partial charge on any atom is 0.410 e. The molecule has 5 nitrogen and oxygen atoms in total. The van der Waals surface area contributed by atoms with Crippen LogP contribution in [0.2, 0.25) is 0 Å². The van der Waals surface area contributed by atoms with E-state index in [-0.39, 0.29) is 6.09 Å². The molecule has 1 saturated heterocycles. The number of halogens is 1. The van der Waals surface area contributed by atoms with Gasteiger partial charge < -0.3 is 14.4 Å². The van der Waals surface area contributed by atoms with Crippen LogP contribution in [0.25, 0.3) is 0 Å².